The van der Waals surface area contributed by atoms with E-state index in [2.05, 4.69) is 24.0 Å². The third-order valence-electron chi connectivity index (χ3n) is 2.89. The summed E-state index contributed by atoms with van der Waals surface area (Å²) in [5.41, 5.74) is 2.61. The summed E-state index contributed by atoms with van der Waals surface area (Å²) < 4.78 is 0. The van der Waals surface area contributed by atoms with Gasteiger partial charge in [0.2, 0.25) is 0 Å². The monoisotopic (exact) mass is 307 g/mol. The van der Waals surface area contributed by atoms with E-state index in [4.69, 9.17) is 23.2 Å². The molecule has 0 bridgehead atoms. The third kappa shape index (κ3) is 3.75. The standard InChI is InChI=1S/C16H15Cl2NO/c1-2-3-11-4-6-14(7-5-11)19-10-12-8-13(17)9-15(18)16(12)20/h4-10,20H,2-3H2,1H3. The molecule has 0 heterocycles. The second kappa shape index (κ2) is 6.78. The minimum atomic E-state index is -0.0116. The lowest BCUT2D eigenvalue weighted by Gasteiger charge is -2.03. The molecule has 2 aromatic rings. The van der Waals surface area contributed by atoms with Gasteiger partial charge in [-0.1, -0.05) is 48.7 Å². The van der Waals surface area contributed by atoms with E-state index in [1.54, 1.807) is 12.3 Å². The fraction of sp³-hybridized carbons (Fsp3) is 0.188. The number of aliphatic imine (C=N–C) groups is 1. The van der Waals surface area contributed by atoms with Crippen LogP contribution in [0.1, 0.15) is 24.5 Å². The van der Waals surface area contributed by atoms with Crippen molar-refractivity contribution in [3.8, 4) is 5.75 Å². The maximum atomic E-state index is 9.83. The van der Waals surface area contributed by atoms with Crippen LogP contribution in [0.3, 0.4) is 0 Å². The van der Waals surface area contributed by atoms with Crippen LogP contribution in [0, 0.1) is 0 Å². The zero-order chi connectivity index (χ0) is 14.5. The van der Waals surface area contributed by atoms with E-state index >= 15 is 0 Å². The SMILES string of the molecule is CCCc1ccc(N=Cc2cc(Cl)cc(Cl)c2O)cc1. The van der Waals surface area contributed by atoms with Gasteiger partial charge in [0.05, 0.1) is 10.7 Å². The van der Waals surface area contributed by atoms with E-state index < -0.39 is 0 Å². The normalized spacial score (nSPS) is 11.2. The van der Waals surface area contributed by atoms with Crippen LogP contribution in [0.4, 0.5) is 5.69 Å². The van der Waals surface area contributed by atoms with Crippen molar-refractivity contribution in [3.05, 3.63) is 57.6 Å². The average Bonchev–Trinajstić information content (AvgIpc) is 2.43. The highest BCUT2D eigenvalue weighted by Crippen LogP contribution is 2.30. The van der Waals surface area contributed by atoms with Crippen LogP contribution in [0.5, 0.6) is 5.75 Å². The Morgan fingerprint density at radius 2 is 1.85 bits per heavy atom. The van der Waals surface area contributed by atoms with E-state index in [0.29, 0.717) is 10.6 Å². The van der Waals surface area contributed by atoms with Crippen molar-refractivity contribution < 1.29 is 5.11 Å². The second-order valence-electron chi connectivity index (χ2n) is 4.50. The van der Waals surface area contributed by atoms with Gasteiger partial charge < -0.3 is 5.11 Å². The molecule has 0 aliphatic rings. The number of aryl methyl sites for hydroxylation is 1. The lowest BCUT2D eigenvalue weighted by Crippen LogP contribution is -1.84. The first-order chi connectivity index (χ1) is 9.60. The Bertz CT molecular complexity index is 621. The zero-order valence-electron chi connectivity index (χ0n) is 11.1. The summed E-state index contributed by atoms with van der Waals surface area (Å²) in [4.78, 5) is 4.32. The van der Waals surface area contributed by atoms with E-state index in [1.165, 1.54) is 11.6 Å². The highest BCUT2D eigenvalue weighted by atomic mass is 35.5. The van der Waals surface area contributed by atoms with Crippen LogP contribution < -0.4 is 0 Å². The molecule has 0 aromatic heterocycles. The predicted molar refractivity (Wildman–Crippen MR) is 85.8 cm³/mol. The summed E-state index contributed by atoms with van der Waals surface area (Å²) in [6.45, 7) is 2.15. The maximum Gasteiger partial charge on any atom is 0.143 e. The lowest BCUT2D eigenvalue weighted by atomic mass is 10.1. The first-order valence-corrected chi connectivity index (χ1v) is 7.16. The predicted octanol–water partition coefficient (Wildman–Crippen LogP) is 5.40. The van der Waals surface area contributed by atoms with Gasteiger partial charge in [-0.3, -0.25) is 4.99 Å². The molecule has 0 aliphatic heterocycles. The molecule has 0 spiro atoms. The Hall–Kier alpha value is -1.51. The van der Waals surface area contributed by atoms with Crippen molar-refractivity contribution in [2.75, 3.05) is 0 Å². The summed E-state index contributed by atoms with van der Waals surface area (Å²) in [6.07, 6.45) is 3.74. The van der Waals surface area contributed by atoms with E-state index in [1.807, 2.05) is 12.1 Å². The van der Waals surface area contributed by atoms with E-state index in [-0.39, 0.29) is 10.8 Å². The maximum absolute atomic E-state index is 9.83. The number of aromatic hydroxyl groups is 1. The lowest BCUT2D eigenvalue weighted by molar-refractivity contribution is 0.475. The van der Waals surface area contributed by atoms with Crippen LogP contribution in [-0.4, -0.2) is 11.3 Å². The number of benzene rings is 2. The third-order valence-corrected chi connectivity index (χ3v) is 3.39. The fourth-order valence-electron chi connectivity index (χ4n) is 1.87. The van der Waals surface area contributed by atoms with Crippen LogP contribution in [-0.2, 0) is 6.42 Å². The molecule has 0 saturated carbocycles. The highest BCUT2D eigenvalue weighted by molar-refractivity contribution is 6.36. The Balaban J connectivity index is 2.21. The van der Waals surface area contributed by atoms with Crippen molar-refractivity contribution in [1.29, 1.82) is 0 Å². The van der Waals surface area contributed by atoms with E-state index in [0.717, 1.165) is 18.5 Å². The van der Waals surface area contributed by atoms with Crippen LogP contribution >= 0.6 is 23.2 Å². The Labute approximate surface area is 128 Å². The van der Waals surface area contributed by atoms with Crippen LogP contribution in [0.2, 0.25) is 10.0 Å². The van der Waals surface area contributed by atoms with Gasteiger partial charge in [0.15, 0.2) is 0 Å². The number of phenolic OH excluding ortho intramolecular Hbond substituents is 1. The Kier molecular flexibility index (Phi) is 5.05. The van der Waals surface area contributed by atoms with Gasteiger partial charge in [0.1, 0.15) is 5.75 Å². The summed E-state index contributed by atoms with van der Waals surface area (Å²) in [7, 11) is 0. The number of phenols is 1. The Morgan fingerprint density at radius 3 is 2.50 bits per heavy atom. The van der Waals surface area contributed by atoms with Crippen molar-refractivity contribution >= 4 is 35.1 Å². The molecule has 0 amide bonds. The number of halogens is 2. The molecule has 0 unspecified atom stereocenters. The molecule has 0 aliphatic carbocycles. The van der Waals surface area contributed by atoms with Gasteiger partial charge in [-0.15, -0.1) is 0 Å². The second-order valence-corrected chi connectivity index (χ2v) is 5.34. The van der Waals surface area contributed by atoms with Crippen molar-refractivity contribution in [2.45, 2.75) is 19.8 Å². The first kappa shape index (κ1) is 14.9. The molecule has 0 radical (unpaired) electrons. The molecule has 104 valence electrons. The van der Waals surface area contributed by atoms with Crippen LogP contribution in [0.15, 0.2) is 41.4 Å². The first-order valence-electron chi connectivity index (χ1n) is 6.41. The molecule has 2 aromatic carbocycles. The number of hydrogen-bond donors (Lipinski definition) is 1. The molecule has 0 saturated heterocycles. The number of nitrogens with zero attached hydrogens (tertiary/aromatic N) is 1. The molecule has 0 atom stereocenters. The minimum Gasteiger partial charge on any atom is -0.506 e. The van der Waals surface area contributed by atoms with E-state index in [9.17, 15) is 5.11 Å². The average molecular weight is 308 g/mol. The number of rotatable bonds is 4. The van der Waals surface area contributed by atoms with Gasteiger partial charge in [-0.2, -0.15) is 0 Å². The largest absolute Gasteiger partial charge is 0.506 e. The van der Waals surface area contributed by atoms with Crippen molar-refractivity contribution in [1.82, 2.24) is 0 Å². The molecule has 20 heavy (non-hydrogen) atoms. The molecular formula is C16H15Cl2NO. The van der Waals surface area contributed by atoms with Gasteiger partial charge in [0.25, 0.3) is 0 Å². The summed E-state index contributed by atoms with van der Waals surface area (Å²) in [6, 6.07) is 11.1. The number of hydrogen-bond acceptors (Lipinski definition) is 2. The zero-order valence-corrected chi connectivity index (χ0v) is 12.6. The summed E-state index contributed by atoms with van der Waals surface area (Å²) >= 11 is 11.8. The van der Waals surface area contributed by atoms with Crippen molar-refractivity contribution in [3.63, 3.8) is 0 Å². The smallest absolute Gasteiger partial charge is 0.143 e. The Morgan fingerprint density at radius 1 is 1.15 bits per heavy atom. The quantitative estimate of drug-likeness (QED) is 0.753. The van der Waals surface area contributed by atoms with Gasteiger partial charge in [-0.05, 0) is 36.2 Å². The van der Waals surface area contributed by atoms with Crippen molar-refractivity contribution in [2.24, 2.45) is 4.99 Å². The van der Waals surface area contributed by atoms with Crippen LogP contribution in [0.25, 0.3) is 0 Å². The molecular weight excluding hydrogens is 293 g/mol. The minimum absolute atomic E-state index is 0.0116. The molecule has 2 rings (SSSR count). The molecule has 0 fully saturated rings. The van der Waals surface area contributed by atoms with Gasteiger partial charge in [0, 0.05) is 16.8 Å². The molecule has 1 N–H and O–H groups in total. The molecule has 4 heteroatoms. The fourth-order valence-corrected chi connectivity index (χ4v) is 2.37. The topological polar surface area (TPSA) is 32.6 Å². The van der Waals surface area contributed by atoms with Gasteiger partial charge in [-0.25, -0.2) is 0 Å². The summed E-state index contributed by atoms with van der Waals surface area (Å²) in [5.74, 6) is -0.0116. The highest BCUT2D eigenvalue weighted by Gasteiger charge is 2.05. The molecule has 2 nitrogen and oxygen atoms in total. The summed E-state index contributed by atoms with van der Waals surface area (Å²) in [5, 5.41) is 10.5. The van der Waals surface area contributed by atoms with Gasteiger partial charge >= 0.3 is 0 Å².